The van der Waals surface area contributed by atoms with Crippen LogP contribution in [0.4, 0.5) is 5.69 Å². The van der Waals surface area contributed by atoms with Crippen molar-refractivity contribution in [2.75, 3.05) is 11.9 Å². The molecule has 0 aliphatic rings. The van der Waals surface area contributed by atoms with Crippen LogP contribution in [-0.2, 0) is 4.79 Å². The molecule has 24 heavy (non-hydrogen) atoms. The third-order valence-electron chi connectivity index (χ3n) is 3.71. The van der Waals surface area contributed by atoms with Crippen molar-refractivity contribution in [3.8, 4) is 0 Å². The van der Waals surface area contributed by atoms with Gasteiger partial charge in [0.25, 0.3) is 5.91 Å². The maximum atomic E-state index is 11.8. The molecular formula is C19H22ClN3O. The predicted molar refractivity (Wildman–Crippen MR) is 101 cm³/mol. The third kappa shape index (κ3) is 5.10. The van der Waals surface area contributed by atoms with E-state index in [2.05, 4.69) is 41.8 Å². The lowest BCUT2D eigenvalue weighted by Gasteiger charge is -2.09. The van der Waals surface area contributed by atoms with Gasteiger partial charge in [-0.3, -0.25) is 4.79 Å². The summed E-state index contributed by atoms with van der Waals surface area (Å²) in [5.74, 6) is 0.279. The van der Waals surface area contributed by atoms with Gasteiger partial charge in [-0.15, -0.1) is 0 Å². The summed E-state index contributed by atoms with van der Waals surface area (Å²) in [4.78, 5) is 11.8. The van der Waals surface area contributed by atoms with Gasteiger partial charge in [0.2, 0.25) is 0 Å². The number of nitrogens with one attached hydrogen (secondary N) is 2. The molecule has 0 spiro atoms. The van der Waals surface area contributed by atoms with Gasteiger partial charge in [-0.1, -0.05) is 55.8 Å². The Kier molecular flexibility index (Phi) is 6.38. The summed E-state index contributed by atoms with van der Waals surface area (Å²) in [6.07, 6.45) is 1.63. The predicted octanol–water partition coefficient (Wildman–Crippen LogP) is 4.33. The Labute approximate surface area is 147 Å². The van der Waals surface area contributed by atoms with Crippen LogP contribution in [-0.4, -0.2) is 18.7 Å². The fourth-order valence-electron chi connectivity index (χ4n) is 2.16. The summed E-state index contributed by atoms with van der Waals surface area (Å²) in [5, 5.41) is 7.70. The smallest absolute Gasteiger partial charge is 0.259 e. The molecule has 2 aromatic carbocycles. The van der Waals surface area contributed by atoms with E-state index >= 15 is 0 Å². The number of anilines is 1. The fourth-order valence-corrected chi connectivity index (χ4v) is 2.33. The normalized spacial score (nSPS) is 11.0. The number of benzene rings is 2. The molecule has 0 unspecified atom stereocenters. The van der Waals surface area contributed by atoms with E-state index in [9.17, 15) is 4.79 Å². The second-order valence-corrected chi connectivity index (χ2v) is 6.29. The molecule has 0 fully saturated rings. The highest BCUT2D eigenvalue weighted by Gasteiger charge is 2.04. The van der Waals surface area contributed by atoms with Crippen LogP contribution in [0.1, 0.15) is 36.5 Å². The number of rotatable bonds is 6. The van der Waals surface area contributed by atoms with Crippen molar-refractivity contribution in [2.24, 2.45) is 5.10 Å². The minimum Gasteiger partial charge on any atom is -0.376 e. The first-order chi connectivity index (χ1) is 11.5. The van der Waals surface area contributed by atoms with Crippen molar-refractivity contribution in [1.82, 2.24) is 5.43 Å². The van der Waals surface area contributed by atoms with Crippen molar-refractivity contribution in [2.45, 2.75) is 26.7 Å². The first-order valence-electron chi connectivity index (χ1n) is 7.88. The average Bonchev–Trinajstić information content (AvgIpc) is 2.56. The zero-order valence-corrected chi connectivity index (χ0v) is 14.9. The molecule has 0 saturated carbocycles. The largest absolute Gasteiger partial charge is 0.376 e. The summed E-state index contributed by atoms with van der Waals surface area (Å²) in [6.45, 7) is 6.34. The number of hydrogen-bond acceptors (Lipinski definition) is 3. The molecule has 0 aliphatic carbocycles. The van der Waals surface area contributed by atoms with Crippen molar-refractivity contribution in [1.29, 1.82) is 0 Å². The summed E-state index contributed by atoms with van der Waals surface area (Å²) in [7, 11) is 0. The third-order valence-corrected chi connectivity index (χ3v) is 4.12. The summed E-state index contributed by atoms with van der Waals surface area (Å²) >= 11 is 6.05. The van der Waals surface area contributed by atoms with Crippen LogP contribution in [0, 0.1) is 6.92 Å². The Morgan fingerprint density at radius 3 is 2.58 bits per heavy atom. The maximum Gasteiger partial charge on any atom is 0.259 e. The molecular weight excluding hydrogens is 322 g/mol. The first kappa shape index (κ1) is 18.0. The molecule has 0 aromatic heterocycles. The van der Waals surface area contributed by atoms with Gasteiger partial charge in [-0.2, -0.15) is 5.10 Å². The highest BCUT2D eigenvalue weighted by molar-refractivity contribution is 6.31. The molecule has 4 nitrogen and oxygen atoms in total. The van der Waals surface area contributed by atoms with Gasteiger partial charge in [0.1, 0.15) is 0 Å². The molecule has 2 rings (SSSR count). The number of amides is 1. The van der Waals surface area contributed by atoms with E-state index in [1.807, 2.05) is 37.3 Å². The number of hydrogen-bond donors (Lipinski definition) is 2. The Bertz CT molecular complexity index is 724. The zero-order chi connectivity index (χ0) is 17.5. The average molecular weight is 344 g/mol. The standard InChI is InChI=1S/C19H22ClN3O/c1-13(2)16-9-7-15(8-10-16)11-22-23-19(24)12-21-18-6-4-5-17(20)14(18)3/h4-11,13,21H,12H2,1-3H3,(H,23,24)/b22-11+. The molecule has 1 amide bonds. The molecule has 0 radical (unpaired) electrons. The van der Waals surface area contributed by atoms with E-state index in [1.54, 1.807) is 6.21 Å². The molecule has 0 atom stereocenters. The fraction of sp³-hybridized carbons (Fsp3) is 0.263. The highest BCUT2D eigenvalue weighted by Crippen LogP contribution is 2.22. The number of halogens is 1. The van der Waals surface area contributed by atoms with Crippen LogP contribution in [0.25, 0.3) is 0 Å². The Balaban J connectivity index is 1.83. The van der Waals surface area contributed by atoms with Crippen LogP contribution in [0.15, 0.2) is 47.6 Å². The molecule has 5 heteroatoms. The molecule has 2 aromatic rings. The highest BCUT2D eigenvalue weighted by atomic mass is 35.5. The van der Waals surface area contributed by atoms with E-state index in [1.165, 1.54) is 5.56 Å². The SMILES string of the molecule is Cc1c(Cl)cccc1NCC(=O)N/N=C/c1ccc(C(C)C)cc1. The molecule has 0 heterocycles. The lowest BCUT2D eigenvalue weighted by molar-refractivity contribution is -0.119. The Morgan fingerprint density at radius 2 is 1.92 bits per heavy atom. The van der Waals surface area contributed by atoms with E-state index in [4.69, 9.17) is 11.6 Å². The monoisotopic (exact) mass is 343 g/mol. The zero-order valence-electron chi connectivity index (χ0n) is 14.1. The van der Waals surface area contributed by atoms with Crippen molar-refractivity contribution >= 4 is 29.4 Å². The summed E-state index contributed by atoms with van der Waals surface area (Å²) in [5.41, 5.74) is 6.48. The maximum absolute atomic E-state index is 11.8. The van der Waals surface area contributed by atoms with Gasteiger partial charge in [0.05, 0.1) is 12.8 Å². The molecule has 0 aliphatic heterocycles. The molecule has 0 saturated heterocycles. The van der Waals surface area contributed by atoms with E-state index < -0.39 is 0 Å². The number of carbonyl (C=O) groups excluding carboxylic acids is 1. The van der Waals surface area contributed by atoms with Gasteiger partial charge < -0.3 is 5.32 Å². The van der Waals surface area contributed by atoms with Crippen molar-refractivity contribution in [3.63, 3.8) is 0 Å². The van der Waals surface area contributed by atoms with Gasteiger partial charge in [0, 0.05) is 10.7 Å². The topological polar surface area (TPSA) is 53.5 Å². The Morgan fingerprint density at radius 1 is 1.21 bits per heavy atom. The molecule has 2 N–H and O–H groups in total. The van der Waals surface area contributed by atoms with E-state index in [-0.39, 0.29) is 12.5 Å². The van der Waals surface area contributed by atoms with Crippen molar-refractivity contribution < 1.29 is 4.79 Å². The molecule has 0 bridgehead atoms. The number of nitrogens with zero attached hydrogens (tertiary/aromatic N) is 1. The van der Waals surface area contributed by atoms with E-state index in [0.717, 1.165) is 16.8 Å². The number of carbonyl (C=O) groups is 1. The Hall–Kier alpha value is -2.33. The summed E-state index contributed by atoms with van der Waals surface area (Å²) in [6, 6.07) is 13.6. The van der Waals surface area contributed by atoms with Crippen LogP contribution >= 0.6 is 11.6 Å². The molecule has 126 valence electrons. The van der Waals surface area contributed by atoms with Crippen molar-refractivity contribution in [3.05, 3.63) is 64.2 Å². The van der Waals surface area contributed by atoms with Crippen LogP contribution in [0.3, 0.4) is 0 Å². The van der Waals surface area contributed by atoms with Gasteiger partial charge >= 0.3 is 0 Å². The van der Waals surface area contributed by atoms with Gasteiger partial charge in [0.15, 0.2) is 0 Å². The number of hydrazone groups is 1. The minimum absolute atomic E-state index is 0.130. The minimum atomic E-state index is -0.218. The lowest BCUT2D eigenvalue weighted by Crippen LogP contribution is -2.26. The van der Waals surface area contributed by atoms with Gasteiger partial charge in [-0.25, -0.2) is 5.43 Å². The van der Waals surface area contributed by atoms with Crippen LogP contribution in [0.2, 0.25) is 5.02 Å². The quantitative estimate of drug-likeness (QED) is 0.605. The second kappa shape index (κ2) is 8.50. The van der Waals surface area contributed by atoms with E-state index in [0.29, 0.717) is 10.9 Å². The first-order valence-corrected chi connectivity index (χ1v) is 8.26. The van der Waals surface area contributed by atoms with Crippen LogP contribution < -0.4 is 10.7 Å². The lowest BCUT2D eigenvalue weighted by atomic mass is 10.0. The van der Waals surface area contributed by atoms with Crippen LogP contribution in [0.5, 0.6) is 0 Å². The second-order valence-electron chi connectivity index (χ2n) is 5.88. The summed E-state index contributed by atoms with van der Waals surface area (Å²) < 4.78 is 0. The van der Waals surface area contributed by atoms with Gasteiger partial charge in [-0.05, 0) is 41.7 Å².